The van der Waals surface area contributed by atoms with Crippen molar-refractivity contribution in [1.29, 1.82) is 0 Å². The molecular formula is C9H18N2. The van der Waals surface area contributed by atoms with Crippen LogP contribution in [-0.4, -0.2) is 19.1 Å². The van der Waals surface area contributed by atoms with E-state index in [1.54, 1.807) is 0 Å². The number of hydrogen-bond acceptors (Lipinski definition) is 2. The van der Waals surface area contributed by atoms with Crippen molar-refractivity contribution >= 4 is 0 Å². The highest BCUT2D eigenvalue weighted by Crippen LogP contribution is 2.08. The maximum atomic E-state index is 5.36. The molecule has 0 aromatic rings. The quantitative estimate of drug-likeness (QED) is 0.594. The third kappa shape index (κ3) is 3.54. The minimum atomic E-state index is 0.740. The molecule has 0 spiro atoms. The lowest BCUT2D eigenvalue weighted by molar-refractivity contribution is 0.613. The van der Waals surface area contributed by atoms with Crippen molar-refractivity contribution in [3.8, 4) is 0 Å². The molecule has 0 bridgehead atoms. The van der Waals surface area contributed by atoms with Crippen LogP contribution in [0.5, 0.6) is 0 Å². The molecule has 2 nitrogen and oxygen atoms in total. The normalized spacial score (nSPS) is 25.0. The van der Waals surface area contributed by atoms with E-state index in [1.807, 2.05) is 0 Å². The minimum Gasteiger partial charge on any atom is -0.330 e. The van der Waals surface area contributed by atoms with Crippen LogP contribution in [0.1, 0.15) is 25.7 Å². The fourth-order valence-corrected chi connectivity index (χ4v) is 1.43. The van der Waals surface area contributed by atoms with Crippen molar-refractivity contribution in [2.24, 2.45) is 5.73 Å². The molecule has 0 aliphatic carbocycles. The molecule has 0 saturated carbocycles. The molecule has 1 atom stereocenters. The number of rotatable bonds is 4. The Labute approximate surface area is 68.9 Å². The molecule has 11 heavy (non-hydrogen) atoms. The second kappa shape index (κ2) is 5.33. The van der Waals surface area contributed by atoms with Crippen molar-refractivity contribution < 1.29 is 0 Å². The maximum absolute atomic E-state index is 5.36. The Morgan fingerprint density at radius 2 is 2.36 bits per heavy atom. The highest BCUT2D eigenvalue weighted by molar-refractivity contribution is 4.88. The minimum absolute atomic E-state index is 0.740. The zero-order chi connectivity index (χ0) is 7.94. The van der Waals surface area contributed by atoms with Crippen LogP contribution in [-0.2, 0) is 0 Å². The van der Waals surface area contributed by atoms with Crippen molar-refractivity contribution in [3.63, 3.8) is 0 Å². The molecule has 1 fully saturated rings. The van der Waals surface area contributed by atoms with E-state index >= 15 is 0 Å². The monoisotopic (exact) mass is 154 g/mol. The molecule has 1 saturated heterocycles. The van der Waals surface area contributed by atoms with E-state index < -0.39 is 0 Å². The van der Waals surface area contributed by atoms with E-state index in [2.05, 4.69) is 17.5 Å². The van der Waals surface area contributed by atoms with Crippen LogP contribution in [0.15, 0.2) is 12.2 Å². The first-order chi connectivity index (χ1) is 5.43. The summed E-state index contributed by atoms with van der Waals surface area (Å²) >= 11 is 0. The molecule has 64 valence electrons. The summed E-state index contributed by atoms with van der Waals surface area (Å²) < 4.78 is 0. The number of nitrogens with one attached hydrogen (secondary N) is 1. The largest absolute Gasteiger partial charge is 0.330 e. The second-order valence-electron chi connectivity index (χ2n) is 3.08. The van der Waals surface area contributed by atoms with Gasteiger partial charge < -0.3 is 11.1 Å². The average Bonchev–Trinajstić information content (AvgIpc) is 2.50. The van der Waals surface area contributed by atoms with Crippen molar-refractivity contribution in [1.82, 2.24) is 5.32 Å². The van der Waals surface area contributed by atoms with Crippen LogP contribution < -0.4 is 11.1 Å². The van der Waals surface area contributed by atoms with Crippen LogP contribution in [0.3, 0.4) is 0 Å². The smallest absolute Gasteiger partial charge is 0.0102 e. The van der Waals surface area contributed by atoms with Gasteiger partial charge in [-0.3, -0.25) is 0 Å². The fourth-order valence-electron chi connectivity index (χ4n) is 1.43. The molecule has 0 amide bonds. The molecule has 1 heterocycles. The van der Waals surface area contributed by atoms with Gasteiger partial charge in [0.2, 0.25) is 0 Å². The fraction of sp³-hybridized carbons (Fsp3) is 0.778. The van der Waals surface area contributed by atoms with Gasteiger partial charge in [-0.25, -0.2) is 0 Å². The molecule has 1 unspecified atom stereocenters. The molecule has 0 aromatic heterocycles. The Bertz CT molecular complexity index is 115. The molecular weight excluding hydrogens is 136 g/mol. The van der Waals surface area contributed by atoms with E-state index in [0.29, 0.717) is 0 Å². The highest BCUT2D eigenvalue weighted by atomic mass is 14.9. The maximum Gasteiger partial charge on any atom is 0.0102 e. The van der Waals surface area contributed by atoms with Crippen LogP contribution in [0.4, 0.5) is 0 Å². The summed E-state index contributed by atoms with van der Waals surface area (Å²) in [6, 6.07) is 0.740. The molecule has 2 heteroatoms. The predicted molar refractivity (Wildman–Crippen MR) is 48.5 cm³/mol. The Hall–Kier alpha value is -0.340. The summed E-state index contributed by atoms with van der Waals surface area (Å²) in [5, 5.41) is 3.45. The van der Waals surface area contributed by atoms with Crippen LogP contribution in [0, 0.1) is 0 Å². The second-order valence-corrected chi connectivity index (χ2v) is 3.08. The average molecular weight is 154 g/mol. The van der Waals surface area contributed by atoms with Crippen LogP contribution in [0.25, 0.3) is 0 Å². The molecule has 0 aromatic carbocycles. The molecule has 1 aliphatic rings. The Kier molecular flexibility index (Phi) is 4.24. The first-order valence-corrected chi connectivity index (χ1v) is 4.52. The highest BCUT2D eigenvalue weighted by Gasteiger charge is 2.10. The summed E-state index contributed by atoms with van der Waals surface area (Å²) in [6.07, 6.45) is 9.31. The zero-order valence-electron chi connectivity index (χ0n) is 7.05. The van der Waals surface area contributed by atoms with E-state index in [-0.39, 0.29) is 0 Å². The van der Waals surface area contributed by atoms with E-state index in [4.69, 9.17) is 5.73 Å². The van der Waals surface area contributed by atoms with Crippen LogP contribution in [0.2, 0.25) is 0 Å². The van der Waals surface area contributed by atoms with Gasteiger partial charge in [0, 0.05) is 6.04 Å². The summed E-state index contributed by atoms with van der Waals surface area (Å²) in [5.74, 6) is 0. The number of nitrogens with two attached hydrogens (primary N) is 1. The summed E-state index contributed by atoms with van der Waals surface area (Å²) in [5.41, 5.74) is 5.36. The number of hydrogen-bond donors (Lipinski definition) is 2. The van der Waals surface area contributed by atoms with Crippen molar-refractivity contribution in [2.75, 3.05) is 13.1 Å². The van der Waals surface area contributed by atoms with Gasteiger partial charge in [-0.1, -0.05) is 12.2 Å². The Morgan fingerprint density at radius 1 is 1.45 bits per heavy atom. The first-order valence-electron chi connectivity index (χ1n) is 4.52. The summed E-state index contributed by atoms with van der Waals surface area (Å²) in [6.45, 7) is 1.98. The third-order valence-electron chi connectivity index (χ3n) is 2.08. The lowest BCUT2D eigenvalue weighted by Crippen LogP contribution is -2.19. The van der Waals surface area contributed by atoms with Gasteiger partial charge in [-0.15, -0.1) is 0 Å². The summed E-state index contributed by atoms with van der Waals surface area (Å²) in [7, 11) is 0. The van der Waals surface area contributed by atoms with Crippen molar-refractivity contribution in [3.05, 3.63) is 12.2 Å². The van der Waals surface area contributed by atoms with Crippen molar-refractivity contribution in [2.45, 2.75) is 31.7 Å². The van der Waals surface area contributed by atoms with Gasteiger partial charge in [0.1, 0.15) is 0 Å². The predicted octanol–water partition coefficient (Wildman–Crippen LogP) is 1.03. The lowest BCUT2D eigenvalue weighted by atomic mass is 10.1. The van der Waals surface area contributed by atoms with Gasteiger partial charge in [0.25, 0.3) is 0 Å². The van der Waals surface area contributed by atoms with E-state index in [0.717, 1.165) is 19.0 Å². The van der Waals surface area contributed by atoms with Gasteiger partial charge in [-0.2, -0.15) is 0 Å². The van der Waals surface area contributed by atoms with Crippen LogP contribution >= 0.6 is 0 Å². The van der Waals surface area contributed by atoms with E-state index in [9.17, 15) is 0 Å². The van der Waals surface area contributed by atoms with Gasteiger partial charge in [-0.05, 0) is 38.8 Å². The Balaban J connectivity index is 2.01. The molecule has 1 rings (SSSR count). The first kappa shape index (κ1) is 8.75. The molecule has 1 aliphatic heterocycles. The third-order valence-corrected chi connectivity index (χ3v) is 2.08. The van der Waals surface area contributed by atoms with E-state index in [1.165, 1.54) is 25.8 Å². The van der Waals surface area contributed by atoms with Gasteiger partial charge in [0.05, 0.1) is 0 Å². The molecule has 3 N–H and O–H groups in total. The topological polar surface area (TPSA) is 38.0 Å². The SMILES string of the molecule is NCC/C=C\CC1CCCN1. The zero-order valence-corrected chi connectivity index (χ0v) is 7.05. The Morgan fingerprint density at radius 3 is 3.00 bits per heavy atom. The lowest BCUT2D eigenvalue weighted by Gasteiger charge is -2.04. The summed E-state index contributed by atoms with van der Waals surface area (Å²) in [4.78, 5) is 0. The molecule has 0 radical (unpaired) electrons. The van der Waals surface area contributed by atoms with Gasteiger partial charge in [0.15, 0.2) is 0 Å². The van der Waals surface area contributed by atoms with Gasteiger partial charge >= 0.3 is 0 Å². The standard InChI is InChI=1S/C9H18N2/c10-7-3-1-2-5-9-6-4-8-11-9/h1-2,9,11H,3-8,10H2/b2-1-.